The van der Waals surface area contributed by atoms with Crippen LogP contribution in [0.4, 0.5) is 29.5 Å². The molecule has 1 aromatic heterocycles. The van der Waals surface area contributed by atoms with E-state index in [4.69, 9.17) is 4.74 Å². The van der Waals surface area contributed by atoms with E-state index in [0.717, 1.165) is 18.0 Å². The highest BCUT2D eigenvalue weighted by molar-refractivity contribution is 5.89. The molecule has 0 bridgehead atoms. The lowest BCUT2D eigenvalue weighted by Gasteiger charge is -2.40. The lowest BCUT2D eigenvalue weighted by molar-refractivity contribution is -0.137. The molecule has 2 aromatic rings. The van der Waals surface area contributed by atoms with Crippen molar-refractivity contribution in [1.29, 1.82) is 0 Å². The topological polar surface area (TPSA) is 57.7 Å². The fraction of sp³-hybridized carbons (Fsp3) is 0.368. The van der Waals surface area contributed by atoms with Gasteiger partial charge in [0.25, 0.3) is 0 Å². The Hall–Kier alpha value is -2.97. The number of methoxy groups -OCH3 is 1. The molecule has 3 rings (SSSR count). The number of carbonyl (C=O) groups excluding carboxylic acids is 1. The van der Waals surface area contributed by atoms with Gasteiger partial charge in [-0.3, -0.25) is 0 Å². The van der Waals surface area contributed by atoms with E-state index >= 15 is 0 Å². The van der Waals surface area contributed by atoms with Crippen LogP contribution in [0.25, 0.3) is 0 Å². The van der Waals surface area contributed by atoms with Gasteiger partial charge in [0.2, 0.25) is 5.88 Å². The molecular weight excluding hydrogens is 373 g/mol. The van der Waals surface area contributed by atoms with Crippen LogP contribution < -0.4 is 15.0 Å². The van der Waals surface area contributed by atoms with Crippen molar-refractivity contribution >= 4 is 17.5 Å². The number of nitrogens with one attached hydrogen (secondary N) is 1. The van der Waals surface area contributed by atoms with Crippen molar-refractivity contribution in [3.8, 4) is 5.88 Å². The van der Waals surface area contributed by atoms with Gasteiger partial charge in [0, 0.05) is 37.4 Å². The van der Waals surface area contributed by atoms with E-state index < -0.39 is 11.7 Å². The van der Waals surface area contributed by atoms with Gasteiger partial charge in [-0.1, -0.05) is 6.07 Å². The summed E-state index contributed by atoms with van der Waals surface area (Å²) in [5.41, 5.74) is -0.430. The highest BCUT2D eigenvalue weighted by Crippen LogP contribution is 2.30. The summed E-state index contributed by atoms with van der Waals surface area (Å²) < 4.78 is 43.1. The summed E-state index contributed by atoms with van der Waals surface area (Å²) in [7, 11) is 1.55. The first-order valence-corrected chi connectivity index (χ1v) is 8.79. The van der Waals surface area contributed by atoms with Gasteiger partial charge >= 0.3 is 12.2 Å². The third-order valence-corrected chi connectivity index (χ3v) is 4.59. The van der Waals surface area contributed by atoms with Crippen molar-refractivity contribution < 1.29 is 22.7 Å². The maximum absolute atomic E-state index is 12.6. The fourth-order valence-corrected chi connectivity index (χ4v) is 3.10. The first kappa shape index (κ1) is 19.8. The Morgan fingerprint density at radius 1 is 1.18 bits per heavy atom. The SMILES string of the molecule is COc1cccc(N2CCN(C(=O)Nc3ccc(C(F)(F)F)cc3)[C@H](C)C2)n1. The number of carbonyl (C=O) groups is 1. The monoisotopic (exact) mass is 394 g/mol. The zero-order valence-corrected chi connectivity index (χ0v) is 15.5. The molecule has 28 heavy (non-hydrogen) atoms. The number of halogens is 3. The number of rotatable bonds is 3. The second-order valence-corrected chi connectivity index (χ2v) is 6.53. The minimum atomic E-state index is -4.40. The first-order valence-electron chi connectivity index (χ1n) is 8.79. The highest BCUT2D eigenvalue weighted by atomic mass is 19.4. The van der Waals surface area contributed by atoms with Crippen molar-refractivity contribution in [2.75, 3.05) is 37.0 Å². The van der Waals surface area contributed by atoms with Gasteiger partial charge in [0.05, 0.1) is 12.7 Å². The lowest BCUT2D eigenvalue weighted by atomic mass is 10.2. The van der Waals surface area contributed by atoms with Gasteiger partial charge in [-0.25, -0.2) is 4.79 Å². The Labute approximate surface area is 160 Å². The van der Waals surface area contributed by atoms with Gasteiger partial charge in [-0.15, -0.1) is 0 Å². The molecule has 9 heteroatoms. The summed E-state index contributed by atoms with van der Waals surface area (Å²) >= 11 is 0. The maximum Gasteiger partial charge on any atom is 0.416 e. The highest BCUT2D eigenvalue weighted by Gasteiger charge is 2.31. The first-order chi connectivity index (χ1) is 13.3. The molecule has 0 aliphatic carbocycles. The van der Waals surface area contributed by atoms with Crippen LogP contribution in [0.3, 0.4) is 0 Å². The molecule has 2 heterocycles. The van der Waals surface area contributed by atoms with Crippen LogP contribution in [0.5, 0.6) is 5.88 Å². The summed E-state index contributed by atoms with van der Waals surface area (Å²) in [4.78, 5) is 20.7. The second-order valence-electron chi connectivity index (χ2n) is 6.53. The van der Waals surface area contributed by atoms with Crippen LogP contribution >= 0.6 is 0 Å². The summed E-state index contributed by atoms with van der Waals surface area (Å²) in [5.74, 6) is 1.29. The number of alkyl halides is 3. The average molecular weight is 394 g/mol. The van der Waals surface area contributed by atoms with Crippen LogP contribution in [-0.2, 0) is 6.18 Å². The predicted molar refractivity (Wildman–Crippen MR) is 99.6 cm³/mol. The number of hydrogen-bond acceptors (Lipinski definition) is 4. The molecule has 1 aromatic carbocycles. The van der Waals surface area contributed by atoms with Crippen molar-refractivity contribution in [2.45, 2.75) is 19.1 Å². The van der Waals surface area contributed by atoms with E-state index in [1.807, 2.05) is 19.1 Å². The molecule has 1 fully saturated rings. The third-order valence-electron chi connectivity index (χ3n) is 4.59. The third kappa shape index (κ3) is 4.47. The molecule has 1 aliphatic rings. The van der Waals surface area contributed by atoms with E-state index in [9.17, 15) is 18.0 Å². The summed E-state index contributed by atoms with van der Waals surface area (Å²) in [6.45, 7) is 3.55. The zero-order valence-electron chi connectivity index (χ0n) is 15.5. The number of aromatic nitrogens is 1. The molecule has 0 spiro atoms. The molecule has 0 radical (unpaired) electrons. The number of pyridine rings is 1. The maximum atomic E-state index is 12.6. The van der Waals surface area contributed by atoms with E-state index in [0.29, 0.717) is 31.2 Å². The Balaban J connectivity index is 1.61. The van der Waals surface area contributed by atoms with Crippen LogP contribution in [-0.4, -0.2) is 48.7 Å². The van der Waals surface area contributed by atoms with Gasteiger partial charge in [0.15, 0.2) is 0 Å². The number of ether oxygens (including phenoxy) is 1. The summed E-state index contributed by atoms with van der Waals surface area (Å²) in [6, 6.07) is 9.46. The minimum absolute atomic E-state index is 0.101. The summed E-state index contributed by atoms with van der Waals surface area (Å²) in [6.07, 6.45) is -4.40. The van der Waals surface area contributed by atoms with Gasteiger partial charge in [-0.05, 0) is 37.3 Å². The average Bonchev–Trinajstić information content (AvgIpc) is 2.67. The molecule has 0 unspecified atom stereocenters. The van der Waals surface area contributed by atoms with E-state index in [2.05, 4.69) is 15.2 Å². The molecule has 1 N–H and O–H groups in total. The zero-order chi connectivity index (χ0) is 20.3. The lowest BCUT2D eigenvalue weighted by Crippen LogP contribution is -2.55. The number of piperazine rings is 1. The van der Waals surface area contributed by atoms with Crippen molar-refractivity contribution in [3.05, 3.63) is 48.0 Å². The van der Waals surface area contributed by atoms with Crippen LogP contribution in [0.1, 0.15) is 12.5 Å². The number of amides is 2. The van der Waals surface area contributed by atoms with Crippen LogP contribution in [0, 0.1) is 0 Å². The van der Waals surface area contributed by atoms with Crippen molar-refractivity contribution in [2.24, 2.45) is 0 Å². The fourth-order valence-electron chi connectivity index (χ4n) is 3.10. The largest absolute Gasteiger partial charge is 0.481 e. The Kier molecular flexibility index (Phi) is 5.62. The Morgan fingerprint density at radius 2 is 1.89 bits per heavy atom. The van der Waals surface area contributed by atoms with Crippen LogP contribution in [0.2, 0.25) is 0 Å². The quantitative estimate of drug-likeness (QED) is 0.859. The second kappa shape index (κ2) is 7.95. The molecule has 6 nitrogen and oxygen atoms in total. The van der Waals surface area contributed by atoms with Crippen LogP contribution in [0.15, 0.2) is 42.5 Å². The molecular formula is C19H21F3N4O2. The minimum Gasteiger partial charge on any atom is -0.481 e. The van der Waals surface area contributed by atoms with Gasteiger partial charge in [0.1, 0.15) is 5.82 Å². The predicted octanol–water partition coefficient (Wildman–Crippen LogP) is 3.85. The standard InChI is InChI=1S/C19H21F3N4O2/c1-13-12-25(16-4-3-5-17(24-16)28-2)10-11-26(13)18(27)23-15-8-6-14(7-9-15)19(20,21)22/h3-9,13H,10-12H2,1-2H3,(H,23,27)/t13-/m1/s1. The summed E-state index contributed by atoms with van der Waals surface area (Å²) in [5, 5.41) is 2.66. The van der Waals surface area contributed by atoms with Crippen molar-refractivity contribution in [1.82, 2.24) is 9.88 Å². The van der Waals surface area contributed by atoms with Gasteiger partial charge < -0.3 is 19.9 Å². The van der Waals surface area contributed by atoms with E-state index in [1.54, 1.807) is 18.1 Å². The molecule has 1 atom stereocenters. The number of anilines is 2. The van der Waals surface area contributed by atoms with Gasteiger partial charge in [-0.2, -0.15) is 18.2 Å². The number of hydrogen-bond donors (Lipinski definition) is 1. The van der Waals surface area contributed by atoms with E-state index in [1.165, 1.54) is 12.1 Å². The molecule has 150 valence electrons. The molecule has 1 saturated heterocycles. The van der Waals surface area contributed by atoms with Crippen molar-refractivity contribution in [3.63, 3.8) is 0 Å². The molecule has 0 saturated carbocycles. The smallest absolute Gasteiger partial charge is 0.416 e. The Bertz CT molecular complexity index is 827. The molecule has 2 amide bonds. The normalized spacial score (nSPS) is 17.4. The number of urea groups is 1. The Morgan fingerprint density at radius 3 is 2.50 bits per heavy atom. The number of benzene rings is 1. The number of nitrogens with zero attached hydrogens (tertiary/aromatic N) is 3. The molecule has 1 aliphatic heterocycles. The van der Waals surface area contributed by atoms with E-state index in [-0.39, 0.29) is 12.1 Å².